The van der Waals surface area contributed by atoms with Gasteiger partial charge in [0.2, 0.25) is 10.0 Å². The van der Waals surface area contributed by atoms with Gasteiger partial charge in [0.15, 0.2) is 11.6 Å². The summed E-state index contributed by atoms with van der Waals surface area (Å²) in [5, 5.41) is 0. The molecule has 0 unspecified atom stereocenters. The molecule has 0 N–H and O–H groups in total. The maximum Gasteiger partial charge on any atom is 0.246 e. The molecule has 158 valence electrons. The monoisotopic (exact) mass is 424 g/mol. The fourth-order valence-electron chi connectivity index (χ4n) is 3.32. The van der Waals surface area contributed by atoms with Gasteiger partial charge in [0.1, 0.15) is 16.4 Å². The van der Waals surface area contributed by atoms with Crippen LogP contribution in [0.5, 0.6) is 17.2 Å². The maximum atomic E-state index is 13.9. The molecule has 1 aliphatic heterocycles. The van der Waals surface area contributed by atoms with Gasteiger partial charge in [-0.15, -0.1) is 0 Å². The van der Waals surface area contributed by atoms with Crippen molar-refractivity contribution < 1.29 is 27.0 Å². The van der Waals surface area contributed by atoms with Crippen molar-refractivity contribution in [1.82, 2.24) is 9.21 Å². The third kappa shape index (κ3) is 4.63. The first kappa shape index (κ1) is 21.4. The smallest absolute Gasteiger partial charge is 0.246 e. The quantitative estimate of drug-likeness (QED) is 0.680. The van der Waals surface area contributed by atoms with Crippen molar-refractivity contribution in [2.45, 2.75) is 11.4 Å². The molecule has 3 rings (SSSR count). The van der Waals surface area contributed by atoms with E-state index in [4.69, 9.17) is 14.2 Å². The van der Waals surface area contributed by atoms with E-state index in [2.05, 4.69) is 4.90 Å². The van der Waals surface area contributed by atoms with E-state index in [0.29, 0.717) is 38.5 Å². The Hall–Kier alpha value is -2.36. The van der Waals surface area contributed by atoms with Gasteiger partial charge in [0.05, 0.1) is 21.3 Å². The van der Waals surface area contributed by atoms with Gasteiger partial charge in [-0.25, -0.2) is 12.8 Å². The number of rotatable bonds is 7. The van der Waals surface area contributed by atoms with Gasteiger partial charge in [-0.2, -0.15) is 4.31 Å². The summed E-state index contributed by atoms with van der Waals surface area (Å²) < 4.78 is 56.9. The lowest BCUT2D eigenvalue weighted by atomic mass is 10.2. The first-order chi connectivity index (χ1) is 13.9. The van der Waals surface area contributed by atoms with Crippen molar-refractivity contribution in [2.24, 2.45) is 0 Å². The molecule has 7 nitrogen and oxygen atoms in total. The summed E-state index contributed by atoms with van der Waals surface area (Å²) in [6, 6.07) is 9.57. The van der Waals surface area contributed by atoms with Crippen molar-refractivity contribution >= 4 is 10.0 Å². The van der Waals surface area contributed by atoms with Crippen LogP contribution in [0.1, 0.15) is 5.56 Å². The molecule has 2 aromatic carbocycles. The number of halogens is 1. The molecule has 1 aliphatic rings. The zero-order valence-electron chi connectivity index (χ0n) is 16.7. The largest absolute Gasteiger partial charge is 0.497 e. The first-order valence-corrected chi connectivity index (χ1v) is 10.6. The van der Waals surface area contributed by atoms with Crippen LogP contribution in [-0.4, -0.2) is 65.1 Å². The zero-order chi connectivity index (χ0) is 21.0. The predicted molar refractivity (Wildman–Crippen MR) is 107 cm³/mol. The highest BCUT2D eigenvalue weighted by atomic mass is 32.2. The van der Waals surface area contributed by atoms with Gasteiger partial charge in [0.25, 0.3) is 0 Å². The summed E-state index contributed by atoms with van der Waals surface area (Å²) in [5.74, 6) is 0.528. The van der Waals surface area contributed by atoms with Crippen molar-refractivity contribution in [3.05, 3.63) is 47.8 Å². The second-order valence-electron chi connectivity index (χ2n) is 6.67. The second-order valence-corrected chi connectivity index (χ2v) is 8.57. The number of sulfonamides is 1. The molecule has 1 heterocycles. The molecule has 0 amide bonds. The number of ether oxygens (including phenoxy) is 3. The van der Waals surface area contributed by atoms with E-state index in [1.807, 2.05) is 6.07 Å². The fraction of sp³-hybridized carbons (Fsp3) is 0.400. The number of hydrogen-bond acceptors (Lipinski definition) is 6. The van der Waals surface area contributed by atoms with Gasteiger partial charge in [-0.3, -0.25) is 4.90 Å². The second kappa shape index (κ2) is 8.98. The Balaban J connectivity index is 1.69. The Bertz CT molecular complexity index is 959. The average Bonchev–Trinajstić information content (AvgIpc) is 2.73. The number of benzene rings is 2. The minimum absolute atomic E-state index is 0.0880. The van der Waals surface area contributed by atoms with E-state index in [0.717, 1.165) is 5.56 Å². The fourth-order valence-corrected chi connectivity index (χ4v) is 4.91. The van der Waals surface area contributed by atoms with Gasteiger partial charge in [-0.1, -0.05) is 6.07 Å². The Morgan fingerprint density at radius 1 is 0.897 bits per heavy atom. The Kier molecular flexibility index (Phi) is 6.61. The van der Waals surface area contributed by atoms with E-state index in [1.54, 1.807) is 18.2 Å². The lowest BCUT2D eigenvalue weighted by Gasteiger charge is -2.34. The summed E-state index contributed by atoms with van der Waals surface area (Å²) in [7, 11) is 0.624. The number of methoxy groups -OCH3 is 3. The van der Waals surface area contributed by atoms with Gasteiger partial charge >= 0.3 is 0 Å². The van der Waals surface area contributed by atoms with E-state index < -0.39 is 15.8 Å². The molecule has 0 aromatic heterocycles. The minimum Gasteiger partial charge on any atom is -0.497 e. The van der Waals surface area contributed by atoms with Gasteiger partial charge < -0.3 is 14.2 Å². The van der Waals surface area contributed by atoms with Crippen LogP contribution in [-0.2, 0) is 16.6 Å². The molecule has 0 saturated carbocycles. The minimum atomic E-state index is -3.72. The Morgan fingerprint density at radius 2 is 1.55 bits per heavy atom. The van der Waals surface area contributed by atoms with Crippen LogP contribution in [0.2, 0.25) is 0 Å². The van der Waals surface area contributed by atoms with Crippen LogP contribution >= 0.6 is 0 Å². The van der Waals surface area contributed by atoms with Crippen molar-refractivity contribution in [1.29, 1.82) is 0 Å². The van der Waals surface area contributed by atoms with Crippen LogP contribution < -0.4 is 14.2 Å². The third-order valence-corrected chi connectivity index (χ3v) is 6.86. The molecule has 0 radical (unpaired) electrons. The SMILES string of the molecule is COc1ccc(OC)c(S(=O)(=O)N2CCN(Cc3ccc(OC)c(F)c3)CC2)c1. The maximum absolute atomic E-state index is 13.9. The predicted octanol–water partition coefficient (Wildman–Crippen LogP) is 2.36. The topological polar surface area (TPSA) is 68.3 Å². The summed E-state index contributed by atoms with van der Waals surface area (Å²) in [6.45, 7) is 2.29. The zero-order valence-corrected chi connectivity index (χ0v) is 17.5. The first-order valence-electron chi connectivity index (χ1n) is 9.16. The van der Waals surface area contributed by atoms with Gasteiger partial charge in [0, 0.05) is 38.8 Å². The molecule has 0 bridgehead atoms. The van der Waals surface area contributed by atoms with Crippen LogP contribution in [0.25, 0.3) is 0 Å². The average molecular weight is 424 g/mol. The van der Waals surface area contributed by atoms with Crippen molar-refractivity contribution in [3.8, 4) is 17.2 Å². The van der Waals surface area contributed by atoms with Crippen molar-refractivity contribution in [2.75, 3.05) is 47.5 Å². The van der Waals surface area contributed by atoms with Crippen LogP contribution in [0, 0.1) is 5.82 Å². The number of piperazine rings is 1. The van der Waals surface area contributed by atoms with Crippen LogP contribution in [0.4, 0.5) is 4.39 Å². The Labute approximate surface area is 170 Å². The Morgan fingerprint density at radius 3 is 2.14 bits per heavy atom. The van der Waals surface area contributed by atoms with E-state index >= 15 is 0 Å². The summed E-state index contributed by atoms with van der Waals surface area (Å²) in [6.07, 6.45) is 0. The molecule has 29 heavy (non-hydrogen) atoms. The molecule has 0 aliphatic carbocycles. The highest BCUT2D eigenvalue weighted by Crippen LogP contribution is 2.31. The number of hydrogen-bond donors (Lipinski definition) is 0. The van der Waals surface area contributed by atoms with Crippen molar-refractivity contribution in [3.63, 3.8) is 0 Å². The van der Waals surface area contributed by atoms with Crippen LogP contribution in [0.3, 0.4) is 0 Å². The van der Waals surface area contributed by atoms with E-state index in [1.165, 1.54) is 37.8 Å². The van der Waals surface area contributed by atoms with E-state index in [9.17, 15) is 12.8 Å². The molecule has 1 fully saturated rings. The van der Waals surface area contributed by atoms with E-state index in [-0.39, 0.29) is 16.4 Å². The normalized spacial score (nSPS) is 15.9. The lowest BCUT2D eigenvalue weighted by Crippen LogP contribution is -2.48. The summed E-state index contributed by atoms with van der Waals surface area (Å²) in [5.41, 5.74) is 0.814. The lowest BCUT2D eigenvalue weighted by molar-refractivity contribution is 0.181. The molecular formula is C20H25FN2O5S. The molecule has 0 spiro atoms. The molecular weight excluding hydrogens is 399 g/mol. The molecule has 0 atom stereocenters. The molecule has 1 saturated heterocycles. The summed E-state index contributed by atoms with van der Waals surface area (Å²) in [4.78, 5) is 2.18. The molecule has 9 heteroatoms. The highest BCUT2D eigenvalue weighted by molar-refractivity contribution is 7.89. The van der Waals surface area contributed by atoms with Gasteiger partial charge in [-0.05, 0) is 29.8 Å². The highest BCUT2D eigenvalue weighted by Gasteiger charge is 2.31. The summed E-state index contributed by atoms with van der Waals surface area (Å²) >= 11 is 0. The standard InChI is InChI=1S/C20H25FN2O5S/c1-26-16-5-7-19(28-3)20(13-16)29(24,25)23-10-8-22(9-11-23)14-15-4-6-18(27-2)17(21)12-15/h4-7,12-13H,8-11,14H2,1-3H3. The molecule has 2 aromatic rings. The number of nitrogens with zero attached hydrogens (tertiary/aromatic N) is 2. The third-order valence-electron chi connectivity index (χ3n) is 4.94. The van der Waals surface area contributed by atoms with Crippen LogP contribution in [0.15, 0.2) is 41.3 Å².